The van der Waals surface area contributed by atoms with E-state index in [4.69, 9.17) is 9.47 Å². The highest BCUT2D eigenvalue weighted by atomic mass is 32.2. The normalized spacial score (nSPS) is 16.5. The Morgan fingerprint density at radius 3 is 2.59 bits per heavy atom. The van der Waals surface area contributed by atoms with Crippen molar-refractivity contribution in [3.8, 4) is 5.75 Å². The quantitative estimate of drug-likeness (QED) is 0.518. The van der Waals surface area contributed by atoms with Crippen molar-refractivity contribution in [3.05, 3.63) is 64.6 Å². The van der Waals surface area contributed by atoms with Crippen molar-refractivity contribution in [2.24, 2.45) is 4.99 Å². The Hall–Kier alpha value is -3.06. The molecule has 0 unspecified atom stereocenters. The molecule has 7 heteroatoms. The zero-order valence-corrected chi connectivity index (χ0v) is 17.4. The number of thioether (sulfide) groups is 1. The van der Waals surface area contributed by atoms with Gasteiger partial charge in [-0.05, 0) is 73.6 Å². The van der Waals surface area contributed by atoms with Gasteiger partial charge in [-0.15, -0.1) is 0 Å². The van der Waals surface area contributed by atoms with Crippen molar-refractivity contribution >= 4 is 40.6 Å². The van der Waals surface area contributed by atoms with Crippen LogP contribution < -0.4 is 4.74 Å². The van der Waals surface area contributed by atoms with Gasteiger partial charge in [-0.25, -0.2) is 9.79 Å². The molecule has 1 aliphatic heterocycles. The van der Waals surface area contributed by atoms with Gasteiger partial charge in [-0.3, -0.25) is 9.69 Å². The lowest BCUT2D eigenvalue weighted by molar-refractivity contribution is -0.122. The summed E-state index contributed by atoms with van der Waals surface area (Å²) in [5.41, 5.74) is 2.02. The molecular formula is C22H22N2O4S. The monoisotopic (exact) mass is 410 g/mol. The molecule has 1 heterocycles. The number of likely N-dealkylation sites (N-methyl/N-ethyl adjacent to an activating group) is 1. The topological polar surface area (TPSA) is 68.2 Å². The van der Waals surface area contributed by atoms with E-state index in [1.165, 1.54) is 11.8 Å². The molecule has 2 aromatic carbocycles. The van der Waals surface area contributed by atoms with E-state index in [9.17, 15) is 9.59 Å². The van der Waals surface area contributed by atoms with E-state index in [2.05, 4.69) is 4.99 Å². The Kier molecular flexibility index (Phi) is 6.72. The second-order valence-electron chi connectivity index (χ2n) is 6.10. The Bertz CT molecular complexity index is 967. The van der Waals surface area contributed by atoms with Gasteiger partial charge >= 0.3 is 5.97 Å². The van der Waals surface area contributed by atoms with Gasteiger partial charge in [0.2, 0.25) is 0 Å². The highest BCUT2D eigenvalue weighted by Gasteiger charge is 2.32. The van der Waals surface area contributed by atoms with Crippen LogP contribution in [0.25, 0.3) is 6.08 Å². The molecular weight excluding hydrogens is 388 g/mol. The fraction of sp³-hybridized carbons (Fsp3) is 0.227. The minimum absolute atomic E-state index is 0.0813. The fourth-order valence-electron chi connectivity index (χ4n) is 2.75. The van der Waals surface area contributed by atoms with E-state index in [0.717, 1.165) is 11.3 Å². The number of amidine groups is 1. The van der Waals surface area contributed by atoms with Gasteiger partial charge in [0, 0.05) is 6.54 Å². The maximum absolute atomic E-state index is 12.8. The summed E-state index contributed by atoms with van der Waals surface area (Å²) in [6, 6.07) is 14.3. The Morgan fingerprint density at radius 2 is 1.93 bits per heavy atom. The van der Waals surface area contributed by atoms with Gasteiger partial charge in [0.05, 0.1) is 29.9 Å². The summed E-state index contributed by atoms with van der Waals surface area (Å²) in [5.74, 6) is 0.288. The van der Waals surface area contributed by atoms with Crippen LogP contribution in [-0.4, -0.2) is 42.2 Å². The van der Waals surface area contributed by atoms with Crippen molar-refractivity contribution in [2.45, 2.75) is 13.8 Å². The SMILES string of the molecule is CCOC(=O)c1ccc(N=C2S/C(=C\c3cccc(OC)c3)C(=O)N2CC)cc1. The highest BCUT2D eigenvalue weighted by molar-refractivity contribution is 8.18. The number of carbonyl (C=O) groups is 2. The summed E-state index contributed by atoms with van der Waals surface area (Å²) in [4.78, 5) is 31.4. The van der Waals surface area contributed by atoms with Crippen LogP contribution in [-0.2, 0) is 9.53 Å². The molecule has 2 aromatic rings. The zero-order chi connectivity index (χ0) is 20.8. The lowest BCUT2D eigenvalue weighted by Crippen LogP contribution is -2.28. The molecule has 29 heavy (non-hydrogen) atoms. The first kappa shape index (κ1) is 20.7. The van der Waals surface area contributed by atoms with Crippen LogP contribution in [0, 0.1) is 0 Å². The molecule has 3 rings (SSSR count). The number of hydrogen-bond donors (Lipinski definition) is 0. The lowest BCUT2D eigenvalue weighted by atomic mass is 10.2. The molecule has 150 valence electrons. The first-order valence-electron chi connectivity index (χ1n) is 9.27. The van der Waals surface area contributed by atoms with Gasteiger partial charge in [0.1, 0.15) is 5.75 Å². The maximum Gasteiger partial charge on any atom is 0.338 e. The second kappa shape index (κ2) is 9.43. The number of nitrogens with zero attached hydrogens (tertiary/aromatic N) is 2. The molecule has 0 atom stereocenters. The largest absolute Gasteiger partial charge is 0.497 e. The molecule has 1 amide bonds. The van der Waals surface area contributed by atoms with Crippen LogP contribution in [0.3, 0.4) is 0 Å². The van der Waals surface area contributed by atoms with Gasteiger partial charge in [-0.2, -0.15) is 0 Å². The molecule has 0 saturated carbocycles. The predicted octanol–water partition coefficient (Wildman–Crippen LogP) is 4.50. The van der Waals surface area contributed by atoms with Crippen LogP contribution in [0.2, 0.25) is 0 Å². The summed E-state index contributed by atoms with van der Waals surface area (Å²) in [7, 11) is 1.61. The van der Waals surface area contributed by atoms with Gasteiger partial charge < -0.3 is 9.47 Å². The first-order valence-corrected chi connectivity index (χ1v) is 10.1. The van der Waals surface area contributed by atoms with Crippen molar-refractivity contribution in [2.75, 3.05) is 20.3 Å². The third-order valence-electron chi connectivity index (χ3n) is 4.20. The van der Waals surface area contributed by atoms with E-state index in [1.807, 2.05) is 37.3 Å². The van der Waals surface area contributed by atoms with Crippen LogP contribution in [0.4, 0.5) is 5.69 Å². The van der Waals surface area contributed by atoms with Crippen LogP contribution in [0.15, 0.2) is 58.4 Å². The minimum Gasteiger partial charge on any atom is -0.497 e. The lowest BCUT2D eigenvalue weighted by Gasteiger charge is -2.12. The van der Waals surface area contributed by atoms with Gasteiger partial charge in [0.15, 0.2) is 5.17 Å². The first-order chi connectivity index (χ1) is 14.0. The molecule has 1 aliphatic rings. The van der Waals surface area contributed by atoms with Crippen LogP contribution >= 0.6 is 11.8 Å². The molecule has 1 fully saturated rings. The molecule has 0 bridgehead atoms. The van der Waals surface area contributed by atoms with Gasteiger partial charge in [0.25, 0.3) is 5.91 Å². The average molecular weight is 410 g/mol. The summed E-state index contributed by atoms with van der Waals surface area (Å²) in [6.45, 7) is 4.52. The van der Waals surface area contributed by atoms with Crippen molar-refractivity contribution in [1.82, 2.24) is 4.90 Å². The summed E-state index contributed by atoms with van der Waals surface area (Å²) >= 11 is 1.33. The number of hydrogen-bond acceptors (Lipinski definition) is 6. The van der Waals surface area contributed by atoms with E-state index < -0.39 is 0 Å². The average Bonchev–Trinajstić information content (AvgIpc) is 3.02. The third-order valence-corrected chi connectivity index (χ3v) is 5.21. The Labute approximate surface area is 174 Å². The fourth-order valence-corrected chi connectivity index (χ4v) is 3.81. The van der Waals surface area contributed by atoms with Crippen molar-refractivity contribution < 1.29 is 19.1 Å². The highest BCUT2D eigenvalue weighted by Crippen LogP contribution is 2.34. The molecule has 0 spiro atoms. The van der Waals surface area contributed by atoms with E-state index in [-0.39, 0.29) is 11.9 Å². The standard InChI is InChI=1S/C22H22N2O4S/c1-4-24-20(25)19(14-15-7-6-8-18(13-15)27-3)29-22(24)23-17-11-9-16(10-12-17)21(26)28-5-2/h6-14H,4-5H2,1-3H3/b19-14-,23-22?. The predicted molar refractivity (Wildman–Crippen MR) is 115 cm³/mol. The number of aliphatic imine (C=N–C) groups is 1. The smallest absolute Gasteiger partial charge is 0.338 e. The van der Waals surface area contributed by atoms with Crippen LogP contribution in [0.1, 0.15) is 29.8 Å². The number of amides is 1. The summed E-state index contributed by atoms with van der Waals surface area (Å²) in [6.07, 6.45) is 1.84. The molecule has 6 nitrogen and oxygen atoms in total. The second-order valence-corrected chi connectivity index (χ2v) is 7.11. The van der Waals surface area contributed by atoms with E-state index in [1.54, 1.807) is 43.2 Å². The van der Waals surface area contributed by atoms with E-state index in [0.29, 0.717) is 34.5 Å². The maximum atomic E-state index is 12.8. The number of esters is 1. The Balaban J connectivity index is 1.84. The molecule has 1 saturated heterocycles. The number of ether oxygens (including phenoxy) is 2. The minimum atomic E-state index is -0.365. The molecule has 0 aliphatic carbocycles. The molecule has 0 aromatic heterocycles. The summed E-state index contributed by atoms with van der Waals surface area (Å²) < 4.78 is 10.2. The number of rotatable bonds is 6. The van der Waals surface area contributed by atoms with Crippen molar-refractivity contribution in [1.29, 1.82) is 0 Å². The van der Waals surface area contributed by atoms with Crippen LogP contribution in [0.5, 0.6) is 5.75 Å². The number of benzene rings is 2. The van der Waals surface area contributed by atoms with E-state index >= 15 is 0 Å². The zero-order valence-electron chi connectivity index (χ0n) is 16.5. The van der Waals surface area contributed by atoms with Gasteiger partial charge in [-0.1, -0.05) is 12.1 Å². The van der Waals surface area contributed by atoms with Crippen molar-refractivity contribution in [3.63, 3.8) is 0 Å². The summed E-state index contributed by atoms with van der Waals surface area (Å²) in [5, 5.41) is 0.607. The number of methoxy groups -OCH3 is 1. The number of carbonyl (C=O) groups excluding carboxylic acids is 2. The molecule has 0 radical (unpaired) electrons. The molecule has 0 N–H and O–H groups in total. The third kappa shape index (κ3) is 4.86. The Morgan fingerprint density at radius 1 is 1.17 bits per heavy atom.